The molecule has 0 fully saturated rings. The maximum atomic E-state index is 12.5. The first-order valence-corrected chi connectivity index (χ1v) is 38.6. The number of hydrogen-bond donors (Lipinski definition) is 3. The quantitative estimate of drug-likeness (QED) is 0.0320. The van der Waals surface area contributed by atoms with Crippen molar-refractivity contribution >= 4 is 11.9 Å². The molecule has 0 heterocycles. The zero-order valence-electron chi connectivity index (χ0n) is 57.2. The number of allylic oxidation sites excluding steroid dienone is 3. The first-order valence-electron chi connectivity index (χ1n) is 38.6. The van der Waals surface area contributed by atoms with E-state index in [1.54, 1.807) is 6.08 Å². The largest absolute Gasteiger partial charge is 0.466 e. The molecule has 0 aliphatic carbocycles. The van der Waals surface area contributed by atoms with Crippen LogP contribution < -0.4 is 5.32 Å². The lowest BCUT2D eigenvalue weighted by Crippen LogP contribution is -2.45. The molecular formula is C78H151NO5. The molecule has 0 saturated carbocycles. The number of amides is 1. The number of aliphatic hydroxyl groups excluding tert-OH is 2. The fraction of sp³-hybridized carbons (Fsp3) is 0.923. The first-order chi connectivity index (χ1) is 41.5. The van der Waals surface area contributed by atoms with Gasteiger partial charge in [0.2, 0.25) is 5.91 Å². The van der Waals surface area contributed by atoms with Gasteiger partial charge in [-0.15, -0.1) is 0 Å². The number of nitrogens with one attached hydrogen (secondary N) is 1. The summed E-state index contributed by atoms with van der Waals surface area (Å²) >= 11 is 0. The summed E-state index contributed by atoms with van der Waals surface area (Å²) < 4.78 is 5.49. The molecular weight excluding hydrogens is 1030 g/mol. The minimum absolute atomic E-state index is 0.0236. The van der Waals surface area contributed by atoms with Crippen molar-refractivity contribution < 1.29 is 24.5 Å². The Morgan fingerprint density at radius 3 is 0.845 bits per heavy atom. The number of aliphatic hydroxyl groups is 2. The summed E-state index contributed by atoms with van der Waals surface area (Å²) in [4.78, 5) is 24.6. The van der Waals surface area contributed by atoms with Crippen LogP contribution in [0.4, 0.5) is 0 Å². The molecule has 0 aliphatic rings. The highest BCUT2D eigenvalue weighted by atomic mass is 16.5. The van der Waals surface area contributed by atoms with Crippen LogP contribution >= 0.6 is 0 Å². The van der Waals surface area contributed by atoms with Gasteiger partial charge in [0.25, 0.3) is 0 Å². The maximum absolute atomic E-state index is 12.5. The molecule has 6 heteroatoms. The van der Waals surface area contributed by atoms with E-state index in [9.17, 15) is 19.8 Å². The van der Waals surface area contributed by atoms with E-state index in [2.05, 4.69) is 31.3 Å². The molecule has 0 saturated heterocycles. The number of hydrogen-bond acceptors (Lipinski definition) is 5. The van der Waals surface area contributed by atoms with Crippen molar-refractivity contribution in [1.82, 2.24) is 5.32 Å². The highest BCUT2D eigenvalue weighted by Crippen LogP contribution is 2.20. The van der Waals surface area contributed by atoms with Gasteiger partial charge >= 0.3 is 5.97 Å². The Morgan fingerprint density at radius 1 is 0.321 bits per heavy atom. The first kappa shape index (κ1) is 82.3. The fourth-order valence-electron chi connectivity index (χ4n) is 12.3. The van der Waals surface area contributed by atoms with Crippen molar-refractivity contribution in [3.63, 3.8) is 0 Å². The van der Waals surface area contributed by atoms with Gasteiger partial charge in [0, 0.05) is 12.8 Å². The van der Waals surface area contributed by atoms with Crippen molar-refractivity contribution in [2.75, 3.05) is 13.2 Å². The van der Waals surface area contributed by atoms with Gasteiger partial charge in [-0.05, 0) is 57.8 Å². The summed E-state index contributed by atoms with van der Waals surface area (Å²) in [6.45, 7) is 4.95. The van der Waals surface area contributed by atoms with E-state index >= 15 is 0 Å². The average Bonchev–Trinajstić information content (AvgIpc) is 3.51. The average molecular weight is 1180 g/mol. The standard InChI is InChI=1S/C78H151NO5/c1-3-5-7-9-11-13-15-17-18-40-43-47-50-54-58-62-66-70-76(81)75(74-80)79-77(82)71-67-63-59-55-51-48-44-41-38-36-34-32-30-28-26-24-22-20-19-21-23-25-27-29-31-33-35-37-39-42-45-49-53-57-61-65-69-73-84-78(83)72-68-64-60-56-52-46-16-14-12-10-8-6-4-2/h19,21,66,70,75-76,80-81H,3-18,20,22-65,67-69,71-74H2,1-2H3,(H,79,82)/b21-19-,70-66+. The van der Waals surface area contributed by atoms with E-state index in [1.807, 2.05) is 6.08 Å². The highest BCUT2D eigenvalue weighted by molar-refractivity contribution is 5.76. The predicted octanol–water partition coefficient (Wildman–Crippen LogP) is 25.3. The van der Waals surface area contributed by atoms with Crippen molar-refractivity contribution in [2.45, 2.75) is 450 Å². The van der Waals surface area contributed by atoms with E-state index < -0.39 is 12.1 Å². The molecule has 1 amide bonds. The van der Waals surface area contributed by atoms with Crippen LogP contribution in [0.5, 0.6) is 0 Å². The van der Waals surface area contributed by atoms with Gasteiger partial charge in [-0.3, -0.25) is 9.59 Å². The summed E-state index contributed by atoms with van der Waals surface area (Å²) in [6.07, 6.45) is 94.4. The fourth-order valence-corrected chi connectivity index (χ4v) is 12.3. The van der Waals surface area contributed by atoms with Crippen LogP contribution in [0.3, 0.4) is 0 Å². The minimum Gasteiger partial charge on any atom is -0.466 e. The molecule has 3 N–H and O–H groups in total. The van der Waals surface area contributed by atoms with Gasteiger partial charge in [-0.25, -0.2) is 0 Å². The number of esters is 1. The molecule has 0 spiro atoms. The second-order valence-corrected chi connectivity index (χ2v) is 26.7. The molecule has 0 aromatic carbocycles. The SMILES string of the molecule is CCCCCCCCCCCCCCCCC/C=C/C(O)C(CO)NC(=O)CCCCCCCCCCCCCCCCCCC/C=C\CCCCCCCCCCCCCCCCCCOC(=O)CCCCCCCCCCCCCCC. The third-order valence-electron chi connectivity index (χ3n) is 18.2. The van der Waals surface area contributed by atoms with Gasteiger partial charge in [0.05, 0.1) is 25.4 Å². The van der Waals surface area contributed by atoms with E-state index in [0.717, 1.165) is 38.5 Å². The molecule has 2 unspecified atom stereocenters. The smallest absolute Gasteiger partial charge is 0.305 e. The zero-order chi connectivity index (χ0) is 60.6. The summed E-state index contributed by atoms with van der Waals surface area (Å²) in [6, 6.07) is -0.625. The van der Waals surface area contributed by atoms with Gasteiger partial charge in [0.15, 0.2) is 0 Å². The van der Waals surface area contributed by atoms with Gasteiger partial charge in [0.1, 0.15) is 0 Å². The van der Waals surface area contributed by atoms with Crippen LogP contribution in [0.25, 0.3) is 0 Å². The Kier molecular flexibility index (Phi) is 72.3. The molecule has 0 bridgehead atoms. The van der Waals surface area contributed by atoms with Crippen LogP contribution in [-0.2, 0) is 14.3 Å². The third kappa shape index (κ3) is 69.4. The number of carbonyl (C=O) groups is 2. The van der Waals surface area contributed by atoms with E-state index in [4.69, 9.17) is 4.74 Å². The van der Waals surface area contributed by atoms with Crippen molar-refractivity contribution in [3.05, 3.63) is 24.3 Å². The maximum Gasteiger partial charge on any atom is 0.305 e. The van der Waals surface area contributed by atoms with Crippen LogP contribution in [0.15, 0.2) is 24.3 Å². The van der Waals surface area contributed by atoms with Gasteiger partial charge in [-0.1, -0.05) is 391 Å². The molecule has 0 aliphatic heterocycles. The number of unbranched alkanes of at least 4 members (excludes halogenated alkanes) is 60. The Balaban J connectivity index is 3.34. The molecule has 6 nitrogen and oxygen atoms in total. The van der Waals surface area contributed by atoms with Gasteiger partial charge in [-0.2, -0.15) is 0 Å². The summed E-state index contributed by atoms with van der Waals surface area (Å²) in [5.74, 6) is -0.0368. The van der Waals surface area contributed by atoms with Gasteiger partial charge < -0.3 is 20.3 Å². The zero-order valence-corrected chi connectivity index (χ0v) is 57.2. The minimum atomic E-state index is -0.842. The molecule has 0 aromatic heterocycles. The second kappa shape index (κ2) is 73.8. The predicted molar refractivity (Wildman–Crippen MR) is 370 cm³/mol. The lowest BCUT2D eigenvalue weighted by molar-refractivity contribution is -0.143. The molecule has 84 heavy (non-hydrogen) atoms. The van der Waals surface area contributed by atoms with Crippen LogP contribution in [-0.4, -0.2) is 47.4 Å². The Labute approximate surface area is 526 Å². The molecule has 0 aromatic rings. The molecule has 0 rings (SSSR count). The topological polar surface area (TPSA) is 95.9 Å². The number of ether oxygens (including phenoxy) is 1. The monoisotopic (exact) mass is 1180 g/mol. The summed E-state index contributed by atoms with van der Waals surface area (Å²) in [7, 11) is 0. The normalized spacial score (nSPS) is 12.6. The van der Waals surface area contributed by atoms with E-state index in [-0.39, 0.29) is 18.5 Å². The second-order valence-electron chi connectivity index (χ2n) is 26.7. The lowest BCUT2D eigenvalue weighted by atomic mass is 10.0. The number of rotatable bonds is 73. The molecule has 2 atom stereocenters. The van der Waals surface area contributed by atoms with Crippen molar-refractivity contribution in [1.29, 1.82) is 0 Å². The molecule has 498 valence electrons. The van der Waals surface area contributed by atoms with Crippen LogP contribution in [0.1, 0.15) is 438 Å². The Bertz CT molecular complexity index is 1320. The Hall–Kier alpha value is -1.66. The lowest BCUT2D eigenvalue weighted by Gasteiger charge is -2.20. The third-order valence-corrected chi connectivity index (χ3v) is 18.2. The van der Waals surface area contributed by atoms with Crippen molar-refractivity contribution in [3.8, 4) is 0 Å². The number of carbonyl (C=O) groups excluding carboxylic acids is 2. The van der Waals surface area contributed by atoms with Crippen LogP contribution in [0, 0.1) is 0 Å². The van der Waals surface area contributed by atoms with Crippen LogP contribution in [0.2, 0.25) is 0 Å². The van der Waals surface area contributed by atoms with E-state index in [1.165, 1.54) is 372 Å². The summed E-state index contributed by atoms with van der Waals surface area (Å²) in [5.41, 5.74) is 0. The van der Waals surface area contributed by atoms with Crippen molar-refractivity contribution in [2.24, 2.45) is 0 Å². The Morgan fingerprint density at radius 2 is 0.560 bits per heavy atom. The molecule has 0 radical (unpaired) electrons. The van der Waals surface area contributed by atoms with E-state index in [0.29, 0.717) is 19.4 Å². The summed E-state index contributed by atoms with van der Waals surface area (Å²) in [5, 5.41) is 23.2. The highest BCUT2D eigenvalue weighted by Gasteiger charge is 2.18.